The van der Waals surface area contributed by atoms with Gasteiger partial charge < -0.3 is 4.90 Å². The van der Waals surface area contributed by atoms with Gasteiger partial charge in [-0.1, -0.05) is 31.5 Å². The van der Waals surface area contributed by atoms with E-state index in [4.69, 9.17) is 0 Å². The topological polar surface area (TPSA) is 57.7 Å². The molecule has 1 unspecified atom stereocenters. The number of benzene rings is 1. The highest BCUT2D eigenvalue weighted by atomic mass is 32.2. The van der Waals surface area contributed by atoms with E-state index in [9.17, 15) is 13.2 Å². The second-order valence-electron chi connectivity index (χ2n) is 6.17. The summed E-state index contributed by atoms with van der Waals surface area (Å²) < 4.78 is 23.5. The standard InChI is InChI=1S/C17H26N2O3S/c1-3-4-11-19(16-10-12-23(21,22)14-16)13-17(20)18(2)15-8-6-5-7-9-15/h5-9,16H,3-4,10-14H2,1-2H3. The van der Waals surface area contributed by atoms with Gasteiger partial charge in [-0.15, -0.1) is 0 Å². The minimum atomic E-state index is -2.94. The Morgan fingerprint density at radius 1 is 1.26 bits per heavy atom. The molecule has 1 aromatic carbocycles. The summed E-state index contributed by atoms with van der Waals surface area (Å²) in [7, 11) is -1.18. The van der Waals surface area contributed by atoms with Crippen LogP contribution in [0.2, 0.25) is 0 Å². The van der Waals surface area contributed by atoms with E-state index < -0.39 is 9.84 Å². The van der Waals surface area contributed by atoms with E-state index in [1.54, 1.807) is 11.9 Å². The fourth-order valence-corrected chi connectivity index (χ4v) is 4.65. The summed E-state index contributed by atoms with van der Waals surface area (Å²) in [6, 6.07) is 9.48. The fourth-order valence-electron chi connectivity index (χ4n) is 2.89. The molecule has 0 aromatic heterocycles. The van der Waals surface area contributed by atoms with Crippen LogP contribution in [0, 0.1) is 0 Å². The number of nitrogens with zero attached hydrogens (tertiary/aromatic N) is 2. The Bertz CT molecular complexity index is 616. The first-order chi connectivity index (χ1) is 10.9. The molecule has 2 rings (SSSR count). The van der Waals surface area contributed by atoms with E-state index in [1.807, 2.05) is 30.3 Å². The first-order valence-corrected chi connectivity index (χ1v) is 10.0. The number of carbonyl (C=O) groups excluding carboxylic acids is 1. The number of rotatable bonds is 7. The molecule has 0 aliphatic carbocycles. The Morgan fingerprint density at radius 3 is 2.52 bits per heavy atom. The quantitative estimate of drug-likeness (QED) is 0.762. The first-order valence-electron chi connectivity index (χ1n) is 8.19. The van der Waals surface area contributed by atoms with Crippen molar-refractivity contribution in [1.82, 2.24) is 4.90 Å². The van der Waals surface area contributed by atoms with Crippen molar-refractivity contribution in [3.05, 3.63) is 30.3 Å². The van der Waals surface area contributed by atoms with E-state index in [1.165, 1.54) is 0 Å². The molecule has 5 nitrogen and oxygen atoms in total. The van der Waals surface area contributed by atoms with Crippen molar-refractivity contribution in [2.24, 2.45) is 0 Å². The Balaban J connectivity index is 2.03. The third-order valence-corrected chi connectivity index (χ3v) is 6.13. The van der Waals surface area contributed by atoms with Crippen molar-refractivity contribution in [3.8, 4) is 0 Å². The lowest BCUT2D eigenvalue weighted by Crippen LogP contribution is -2.44. The maximum absolute atomic E-state index is 12.6. The Morgan fingerprint density at radius 2 is 1.96 bits per heavy atom. The minimum absolute atomic E-state index is 0.00315. The fraction of sp³-hybridized carbons (Fsp3) is 0.588. The number of hydrogen-bond donors (Lipinski definition) is 0. The molecule has 1 saturated heterocycles. The number of unbranched alkanes of at least 4 members (excludes halogenated alkanes) is 1. The average Bonchev–Trinajstić information content (AvgIpc) is 2.91. The number of anilines is 1. The van der Waals surface area contributed by atoms with Gasteiger partial charge in [-0.3, -0.25) is 9.69 Å². The van der Waals surface area contributed by atoms with Crippen LogP contribution in [0.4, 0.5) is 5.69 Å². The van der Waals surface area contributed by atoms with Crippen LogP contribution in [0.25, 0.3) is 0 Å². The Hall–Kier alpha value is -1.40. The van der Waals surface area contributed by atoms with Crippen LogP contribution in [0.15, 0.2) is 30.3 Å². The highest BCUT2D eigenvalue weighted by Crippen LogP contribution is 2.19. The molecule has 0 saturated carbocycles. The zero-order chi connectivity index (χ0) is 16.9. The highest BCUT2D eigenvalue weighted by Gasteiger charge is 2.33. The third-order valence-electron chi connectivity index (χ3n) is 4.38. The number of hydrogen-bond acceptors (Lipinski definition) is 4. The predicted octanol–water partition coefficient (Wildman–Crippen LogP) is 1.94. The van der Waals surface area contributed by atoms with E-state index in [2.05, 4.69) is 11.8 Å². The van der Waals surface area contributed by atoms with Gasteiger partial charge in [-0.05, 0) is 31.5 Å². The molecule has 1 aliphatic heterocycles. The zero-order valence-electron chi connectivity index (χ0n) is 13.9. The number of sulfone groups is 1. The average molecular weight is 338 g/mol. The largest absolute Gasteiger partial charge is 0.314 e. The molecule has 1 aromatic rings. The minimum Gasteiger partial charge on any atom is -0.314 e. The van der Waals surface area contributed by atoms with Crippen LogP contribution in [-0.4, -0.2) is 56.9 Å². The first kappa shape index (κ1) is 17.9. The molecule has 128 valence electrons. The summed E-state index contributed by atoms with van der Waals surface area (Å²) in [4.78, 5) is 16.3. The highest BCUT2D eigenvalue weighted by molar-refractivity contribution is 7.91. The number of carbonyl (C=O) groups is 1. The summed E-state index contributed by atoms with van der Waals surface area (Å²) >= 11 is 0. The molecule has 0 bridgehead atoms. The van der Waals surface area contributed by atoms with Crippen molar-refractivity contribution >= 4 is 21.4 Å². The van der Waals surface area contributed by atoms with Crippen molar-refractivity contribution in [2.75, 3.05) is 36.5 Å². The molecule has 1 atom stereocenters. The molecule has 23 heavy (non-hydrogen) atoms. The van der Waals surface area contributed by atoms with Crippen LogP contribution >= 0.6 is 0 Å². The Labute approximate surface area is 139 Å². The monoisotopic (exact) mass is 338 g/mol. The maximum Gasteiger partial charge on any atom is 0.240 e. The number of para-hydroxylation sites is 1. The zero-order valence-corrected chi connectivity index (χ0v) is 14.8. The van der Waals surface area contributed by atoms with Gasteiger partial charge >= 0.3 is 0 Å². The number of amides is 1. The van der Waals surface area contributed by atoms with Crippen LogP contribution < -0.4 is 4.90 Å². The molecular weight excluding hydrogens is 312 g/mol. The molecular formula is C17H26N2O3S. The van der Waals surface area contributed by atoms with Crippen LogP contribution in [0.1, 0.15) is 26.2 Å². The van der Waals surface area contributed by atoms with Crippen LogP contribution in [0.5, 0.6) is 0 Å². The van der Waals surface area contributed by atoms with Gasteiger partial charge in [-0.25, -0.2) is 8.42 Å². The molecule has 0 N–H and O–H groups in total. The van der Waals surface area contributed by atoms with Gasteiger partial charge in [0, 0.05) is 18.8 Å². The molecule has 6 heteroatoms. The smallest absolute Gasteiger partial charge is 0.240 e. The van der Waals surface area contributed by atoms with Crippen molar-refractivity contribution in [2.45, 2.75) is 32.2 Å². The van der Waals surface area contributed by atoms with Crippen LogP contribution in [-0.2, 0) is 14.6 Å². The van der Waals surface area contributed by atoms with Crippen molar-refractivity contribution in [3.63, 3.8) is 0 Å². The second kappa shape index (κ2) is 7.93. The summed E-state index contributed by atoms with van der Waals surface area (Å²) in [6.45, 7) is 3.14. The Kier molecular flexibility index (Phi) is 6.18. The second-order valence-corrected chi connectivity index (χ2v) is 8.40. The molecule has 1 heterocycles. The van der Waals surface area contributed by atoms with E-state index in [-0.39, 0.29) is 30.0 Å². The SMILES string of the molecule is CCCCN(CC(=O)N(C)c1ccccc1)C1CCS(=O)(=O)C1. The van der Waals surface area contributed by atoms with Crippen molar-refractivity contribution < 1.29 is 13.2 Å². The van der Waals surface area contributed by atoms with Gasteiger partial charge in [0.05, 0.1) is 18.1 Å². The van der Waals surface area contributed by atoms with E-state index in [0.717, 1.165) is 25.1 Å². The molecule has 0 spiro atoms. The summed E-state index contributed by atoms with van der Waals surface area (Å²) in [6.07, 6.45) is 2.63. The van der Waals surface area contributed by atoms with Gasteiger partial charge in [0.1, 0.15) is 0 Å². The molecule has 1 aliphatic rings. The van der Waals surface area contributed by atoms with Gasteiger partial charge in [0.2, 0.25) is 5.91 Å². The van der Waals surface area contributed by atoms with Crippen LogP contribution in [0.3, 0.4) is 0 Å². The van der Waals surface area contributed by atoms with Gasteiger partial charge in [0.15, 0.2) is 9.84 Å². The summed E-state index contributed by atoms with van der Waals surface area (Å²) in [5, 5.41) is 0. The van der Waals surface area contributed by atoms with Gasteiger partial charge in [0.25, 0.3) is 0 Å². The molecule has 1 amide bonds. The maximum atomic E-state index is 12.6. The van der Waals surface area contributed by atoms with E-state index in [0.29, 0.717) is 6.42 Å². The summed E-state index contributed by atoms with van der Waals surface area (Å²) in [5.74, 6) is 0.416. The molecule has 1 fully saturated rings. The normalized spacial score (nSPS) is 19.9. The van der Waals surface area contributed by atoms with Gasteiger partial charge in [-0.2, -0.15) is 0 Å². The van der Waals surface area contributed by atoms with E-state index >= 15 is 0 Å². The summed E-state index contributed by atoms with van der Waals surface area (Å²) in [5.41, 5.74) is 0.854. The molecule has 0 radical (unpaired) electrons. The number of likely N-dealkylation sites (N-methyl/N-ethyl adjacent to an activating group) is 1. The lowest BCUT2D eigenvalue weighted by Gasteiger charge is -2.29. The lowest BCUT2D eigenvalue weighted by molar-refractivity contribution is -0.119. The predicted molar refractivity (Wildman–Crippen MR) is 93.4 cm³/mol. The lowest BCUT2D eigenvalue weighted by atomic mass is 10.2. The van der Waals surface area contributed by atoms with Crippen molar-refractivity contribution in [1.29, 1.82) is 0 Å². The third kappa shape index (κ3) is 5.04.